The molecule has 0 unspecified atom stereocenters. The Bertz CT molecular complexity index is 497. The predicted molar refractivity (Wildman–Crippen MR) is 81.6 cm³/mol. The summed E-state index contributed by atoms with van der Waals surface area (Å²) in [4.78, 5) is 0. The largest absolute Gasteiger partial charge is 0.489 e. The summed E-state index contributed by atoms with van der Waals surface area (Å²) >= 11 is 11.0. The van der Waals surface area contributed by atoms with Crippen LogP contribution in [-0.2, 0) is 6.42 Å². The van der Waals surface area contributed by atoms with Crippen LogP contribution in [0.25, 0.3) is 0 Å². The SMILES string of the molecule is CCc1cc(OCC=C(Cl)Cl)cc(C)c1OC/C=N/O. The molecule has 0 fully saturated rings. The maximum atomic E-state index is 8.37. The van der Waals surface area contributed by atoms with Gasteiger partial charge in [0.25, 0.3) is 0 Å². The smallest absolute Gasteiger partial charge is 0.127 e. The number of hydrogen-bond donors (Lipinski definition) is 1. The molecular weight excluding hydrogens is 301 g/mol. The Hall–Kier alpha value is -1.39. The van der Waals surface area contributed by atoms with E-state index in [0.29, 0.717) is 6.61 Å². The van der Waals surface area contributed by atoms with Crippen LogP contribution in [0.4, 0.5) is 0 Å². The molecule has 1 rings (SSSR count). The summed E-state index contributed by atoms with van der Waals surface area (Å²) in [5.74, 6) is 1.51. The lowest BCUT2D eigenvalue weighted by atomic mass is 10.1. The number of aryl methyl sites for hydroxylation is 2. The van der Waals surface area contributed by atoms with E-state index in [4.69, 9.17) is 37.9 Å². The van der Waals surface area contributed by atoms with E-state index in [1.165, 1.54) is 6.21 Å². The Morgan fingerprint density at radius 3 is 2.65 bits per heavy atom. The molecule has 1 N–H and O–H groups in total. The zero-order valence-electron chi connectivity index (χ0n) is 11.4. The van der Waals surface area contributed by atoms with Gasteiger partial charge < -0.3 is 14.7 Å². The van der Waals surface area contributed by atoms with Gasteiger partial charge in [0.1, 0.15) is 29.2 Å². The number of rotatable bonds is 7. The van der Waals surface area contributed by atoms with Gasteiger partial charge in [-0.3, -0.25) is 0 Å². The average molecular weight is 318 g/mol. The van der Waals surface area contributed by atoms with Gasteiger partial charge in [-0.15, -0.1) is 0 Å². The Morgan fingerprint density at radius 1 is 1.30 bits per heavy atom. The number of oxime groups is 1. The predicted octanol–water partition coefficient (Wildman–Crippen LogP) is 4.09. The Kier molecular flexibility index (Phi) is 7.26. The molecule has 4 nitrogen and oxygen atoms in total. The molecule has 0 saturated carbocycles. The van der Waals surface area contributed by atoms with Crippen LogP contribution in [0, 0.1) is 6.92 Å². The Balaban J connectivity index is 2.86. The standard InChI is InChI=1S/C14H17Cl2NO3/c1-3-11-9-12(19-6-4-13(15)16)8-10(2)14(11)20-7-5-17-18/h4-5,8-9,18H,3,6-7H2,1-2H3/b17-5+. The molecule has 0 aliphatic heterocycles. The number of nitrogens with zero attached hydrogens (tertiary/aromatic N) is 1. The minimum Gasteiger partial charge on any atom is -0.489 e. The highest BCUT2D eigenvalue weighted by molar-refractivity contribution is 6.55. The number of benzene rings is 1. The summed E-state index contributed by atoms with van der Waals surface area (Å²) < 4.78 is 11.3. The minimum atomic E-state index is 0.181. The minimum absolute atomic E-state index is 0.181. The second-order valence-electron chi connectivity index (χ2n) is 4.00. The van der Waals surface area contributed by atoms with Crippen molar-refractivity contribution in [1.29, 1.82) is 0 Å². The average Bonchev–Trinajstić information content (AvgIpc) is 2.40. The summed E-state index contributed by atoms with van der Waals surface area (Å²) in [6, 6.07) is 3.79. The fourth-order valence-corrected chi connectivity index (χ4v) is 1.84. The van der Waals surface area contributed by atoms with E-state index in [1.54, 1.807) is 6.08 Å². The molecule has 1 aromatic rings. The number of hydrogen-bond acceptors (Lipinski definition) is 4. The maximum Gasteiger partial charge on any atom is 0.127 e. The molecule has 6 heteroatoms. The first-order valence-electron chi connectivity index (χ1n) is 6.14. The van der Waals surface area contributed by atoms with E-state index in [1.807, 2.05) is 26.0 Å². The Labute approximate surface area is 128 Å². The normalized spacial score (nSPS) is 10.6. The monoisotopic (exact) mass is 317 g/mol. The summed E-state index contributed by atoms with van der Waals surface area (Å²) in [5.41, 5.74) is 1.97. The van der Waals surface area contributed by atoms with Gasteiger partial charge in [-0.1, -0.05) is 35.3 Å². The quantitative estimate of drug-likeness (QED) is 0.468. The van der Waals surface area contributed by atoms with Crippen LogP contribution in [0.3, 0.4) is 0 Å². The fourth-order valence-electron chi connectivity index (χ4n) is 1.72. The van der Waals surface area contributed by atoms with Gasteiger partial charge in [0.05, 0.1) is 6.21 Å². The summed E-state index contributed by atoms with van der Waals surface area (Å²) in [7, 11) is 0. The Morgan fingerprint density at radius 2 is 2.05 bits per heavy atom. The third kappa shape index (κ3) is 5.31. The molecule has 0 heterocycles. The molecular formula is C14H17Cl2NO3. The highest BCUT2D eigenvalue weighted by atomic mass is 35.5. The van der Waals surface area contributed by atoms with Crippen LogP contribution >= 0.6 is 23.2 Å². The lowest BCUT2D eigenvalue weighted by molar-refractivity contribution is 0.311. The number of ether oxygens (including phenoxy) is 2. The van der Waals surface area contributed by atoms with Crippen molar-refractivity contribution in [2.75, 3.05) is 13.2 Å². The summed E-state index contributed by atoms with van der Waals surface area (Å²) in [6.07, 6.45) is 3.67. The van der Waals surface area contributed by atoms with Gasteiger partial charge >= 0.3 is 0 Å². The molecule has 0 spiro atoms. The van der Waals surface area contributed by atoms with Crippen molar-refractivity contribution >= 4 is 29.4 Å². The van der Waals surface area contributed by atoms with Gasteiger partial charge in [-0.25, -0.2) is 0 Å². The van der Waals surface area contributed by atoms with Gasteiger partial charge in [0.15, 0.2) is 0 Å². The molecule has 20 heavy (non-hydrogen) atoms. The molecule has 0 radical (unpaired) electrons. The van der Waals surface area contributed by atoms with Gasteiger partial charge in [0.2, 0.25) is 0 Å². The van der Waals surface area contributed by atoms with Gasteiger partial charge in [-0.05, 0) is 42.7 Å². The molecule has 110 valence electrons. The van der Waals surface area contributed by atoms with Crippen molar-refractivity contribution in [3.8, 4) is 11.5 Å². The van der Waals surface area contributed by atoms with Crippen molar-refractivity contribution in [3.63, 3.8) is 0 Å². The molecule has 0 atom stereocenters. The summed E-state index contributed by atoms with van der Waals surface area (Å²) in [5, 5.41) is 11.3. The van der Waals surface area contributed by atoms with Crippen LogP contribution in [0.1, 0.15) is 18.1 Å². The van der Waals surface area contributed by atoms with E-state index >= 15 is 0 Å². The van der Waals surface area contributed by atoms with Crippen molar-refractivity contribution in [1.82, 2.24) is 0 Å². The third-order valence-electron chi connectivity index (χ3n) is 2.58. The van der Waals surface area contributed by atoms with Crippen molar-refractivity contribution in [2.45, 2.75) is 20.3 Å². The van der Waals surface area contributed by atoms with Crippen molar-refractivity contribution in [3.05, 3.63) is 33.8 Å². The molecule has 0 saturated heterocycles. The second-order valence-corrected chi connectivity index (χ2v) is 5.00. The zero-order valence-corrected chi connectivity index (χ0v) is 12.9. The van der Waals surface area contributed by atoms with Gasteiger partial charge in [-0.2, -0.15) is 0 Å². The zero-order chi connectivity index (χ0) is 15.0. The molecule has 0 bridgehead atoms. The first-order valence-corrected chi connectivity index (χ1v) is 6.90. The summed E-state index contributed by atoms with van der Waals surface area (Å²) in [6.45, 7) is 4.49. The topological polar surface area (TPSA) is 51.0 Å². The fraction of sp³-hybridized carbons (Fsp3) is 0.357. The van der Waals surface area contributed by atoms with Crippen molar-refractivity contribution in [2.24, 2.45) is 5.16 Å². The second kappa shape index (κ2) is 8.72. The highest BCUT2D eigenvalue weighted by Gasteiger charge is 2.09. The third-order valence-corrected chi connectivity index (χ3v) is 2.89. The lowest BCUT2D eigenvalue weighted by Gasteiger charge is -2.14. The van der Waals surface area contributed by atoms with Gasteiger partial charge in [0, 0.05) is 0 Å². The molecule has 1 aromatic carbocycles. The first-order chi connectivity index (χ1) is 9.58. The van der Waals surface area contributed by atoms with Crippen molar-refractivity contribution < 1.29 is 14.7 Å². The highest BCUT2D eigenvalue weighted by Crippen LogP contribution is 2.29. The lowest BCUT2D eigenvalue weighted by Crippen LogP contribution is -2.04. The van der Waals surface area contributed by atoms with Crippen LogP contribution in [0.15, 0.2) is 27.9 Å². The van der Waals surface area contributed by atoms with E-state index in [2.05, 4.69) is 5.16 Å². The molecule has 0 aromatic heterocycles. The first kappa shape index (κ1) is 16.7. The van der Waals surface area contributed by atoms with Crippen LogP contribution in [-0.4, -0.2) is 24.6 Å². The molecule has 0 aliphatic rings. The molecule has 0 amide bonds. The van der Waals surface area contributed by atoms with Crippen LogP contribution < -0.4 is 9.47 Å². The van der Waals surface area contributed by atoms with E-state index in [-0.39, 0.29) is 11.1 Å². The van der Waals surface area contributed by atoms with Crippen LogP contribution in [0.2, 0.25) is 0 Å². The maximum absolute atomic E-state index is 8.37. The van der Waals surface area contributed by atoms with E-state index < -0.39 is 0 Å². The molecule has 0 aliphatic carbocycles. The number of halogens is 2. The van der Waals surface area contributed by atoms with Crippen LogP contribution in [0.5, 0.6) is 11.5 Å². The van der Waals surface area contributed by atoms with E-state index in [9.17, 15) is 0 Å². The van der Waals surface area contributed by atoms with E-state index in [0.717, 1.165) is 29.0 Å².